The van der Waals surface area contributed by atoms with Crippen LogP contribution in [0.3, 0.4) is 0 Å². The highest BCUT2D eigenvalue weighted by molar-refractivity contribution is 9.10. The van der Waals surface area contributed by atoms with Crippen LogP contribution in [-0.4, -0.2) is 154 Å². The minimum atomic E-state index is 0. The van der Waals surface area contributed by atoms with Gasteiger partial charge in [0.15, 0.2) is 0 Å². The summed E-state index contributed by atoms with van der Waals surface area (Å²) in [4.78, 5) is 24.7. The number of hydrogen-bond donors (Lipinski definition) is 2. The van der Waals surface area contributed by atoms with E-state index in [-0.39, 0.29) is 29.7 Å². The number of fused-ring (bicyclic) bond motifs is 1. The summed E-state index contributed by atoms with van der Waals surface area (Å²) in [6.07, 6.45) is 20.7. The zero-order valence-electron chi connectivity index (χ0n) is 82.8. The van der Waals surface area contributed by atoms with Crippen molar-refractivity contribution in [2.45, 2.75) is 191 Å². The molecule has 150 heavy (non-hydrogen) atoms. The number of aromatic nitrogens is 19. The maximum atomic E-state index is 9.07. The van der Waals surface area contributed by atoms with Gasteiger partial charge in [0.2, 0.25) is 0 Å². The molecule has 8 heterocycles. The van der Waals surface area contributed by atoms with Crippen LogP contribution in [0.1, 0.15) is 205 Å². The van der Waals surface area contributed by atoms with Crippen molar-refractivity contribution in [2.75, 3.05) is 39.8 Å². The number of unbranched alkanes of at least 4 members (excludes halogenated alkanes) is 1. The number of para-hydroxylation sites is 1. The summed E-state index contributed by atoms with van der Waals surface area (Å²) in [6, 6.07) is 118. The van der Waals surface area contributed by atoms with Crippen LogP contribution in [0.25, 0.3) is 10.9 Å². The Bertz CT molecular complexity index is 6930. The normalized spacial score (nSPS) is 11.2. The summed E-state index contributed by atoms with van der Waals surface area (Å²) in [6.45, 7) is 14.9. The Morgan fingerprint density at radius 2 is 0.767 bits per heavy atom. The van der Waals surface area contributed by atoms with Crippen molar-refractivity contribution in [1.29, 1.82) is 10.5 Å². The zero-order chi connectivity index (χ0) is 100. The smallest absolute Gasteiger partial charge is 0.147 e. The van der Waals surface area contributed by atoms with Gasteiger partial charge in [-0.2, -0.15) is 20.7 Å². The van der Waals surface area contributed by atoms with Crippen LogP contribution in [0.5, 0.6) is 5.75 Å². The molecule has 0 saturated heterocycles. The monoisotopic (exact) mass is 2080 g/mol. The van der Waals surface area contributed by atoms with E-state index in [0.717, 1.165) is 189 Å². The standard InChI is InChI=1S/C31H35N7O.C31H35N7.C29H25BrN6.C27H29N5S.4CH4/c1-39-28-16-14-25(15-17-28)9-8-19-38-24-34-36-31(38)22-37(21-30-32-23-33-35-30)20-18-29(26-10-4-2-5-11-26)27-12-6-3-7-13-27;1-4-12-26(13-5-1)14-10-11-20-38-25-34-36-31(38)23-37(22-30-32-24-33-35-30)21-19-29(27-15-6-2-7-16-27)28-17-8-3-9-18-28;30-26-12-9-22(10-13-26)15-16-35(19-27-14-11-25-3-1-2-4-28(25)33-27)20-29-34-32-21-36(29)18-24-7-5-23(17-31)6-8-24;1-22(25-6-3-2-4-7-25)13-15-31(16-14-26-8-5-17-33-26)20-27-30-29-21-32(27)19-24-11-9-23(18-28)10-12-24;;;;/h2-7,10-17,23-24,29H,8-9,18-22H2,1H3,(H,32,33,35);1-9,12-13,15-18,24-25,29H,10-11,14,19-23H2,(H,32,33,35);1-14,21H,15-16,18-20H2;2-12,17,21-22H,13-16,19-20H2,1H3;4*1H4. The van der Waals surface area contributed by atoms with E-state index in [2.05, 4.69) is 404 Å². The van der Waals surface area contributed by atoms with E-state index < -0.39 is 0 Å². The van der Waals surface area contributed by atoms with Gasteiger partial charge in [0.1, 0.15) is 78.7 Å². The molecule has 28 heteroatoms. The summed E-state index contributed by atoms with van der Waals surface area (Å²) in [5, 5.41) is 70.3. The van der Waals surface area contributed by atoms with Crippen LogP contribution in [0.15, 0.2) is 375 Å². The molecule has 0 bridgehead atoms. The minimum absolute atomic E-state index is 0. The molecule has 11 aromatic carbocycles. The number of nitriles is 2. The zero-order valence-corrected chi connectivity index (χ0v) is 85.2. The highest BCUT2D eigenvalue weighted by Crippen LogP contribution is 2.32. The molecule has 0 radical (unpaired) electrons. The van der Waals surface area contributed by atoms with Gasteiger partial charge >= 0.3 is 0 Å². The lowest BCUT2D eigenvalue weighted by Gasteiger charge is -2.25. The van der Waals surface area contributed by atoms with Gasteiger partial charge in [-0.15, -0.1) is 52.1 Å². The molecule has 0 fully saturated rings. The SMILES string of the molecule is C.C.C.C.CC(CCN(CCc1cccs1)Cc1nncn1Cc1ccc(C#N)cc1)c1ccccc1.COc1ccc(CCCn2cnnc2CN(CCC(c2ccccc2)c2ccccc2)Cc2ncn[nH]2)cc1.N#Cc1ccc(Cn2cnnc2CN(CCc2ccc(Br)cc2)Cc2ccc3ccccc3n2)cc1.c1ccc(CCCCn2cnnc2CN(CCC(c2ccccc2)c2ccccc2)Cc2ncn[nH]2)cc1. The fourth-order valence-electron chi connectivity index (χ4n) is 18.1. The molecule has 1 unspecified atom stereocenters. The summed E-state index contributed by atoms with van der Waals surface area (Å²) in [5.74, 6) is 7.51. The van der Waals surface area contributed by atoms with E-state index in [4.69, 9.17) is 20.2 Å². The number of ether oxygens (including phenoxy) is 1. The lowest BCUT2D eigenvalue weighted by molar-refractivity contribution is 0.233. The number of nitrogens with one attached hydrogen (secondary N) is 2. The lowest BCUT2D eigenvalue weighted by Crippen LogP contribution is -2.29. The number of thiophene rings is 1. The van der Waals surface area contributed by atoms with Gasteiger partial charge in [-0.3, -0.25) is 34.8 Å². The second kappa shape index (κ2) is 61.3. The molecule has 0 saturated carbocycles. The number of hydrogen-bond acceptors (Lipinski definition) is 21. The van der Waals surface area contributed by atoms with Crippen LogP contribution >= 0.6 is 27.3 Å². The second-order valence-electron chi connectivity index (χ2n) is 36.5. The number of halogens is 1. The number of aromatic amines is 2. The molecule has 26 nitrogen and oxygen atoms in total. The molecule has 0 spiro atoms. The maximum absolute atomic E-state index is 9.07. The van der Waals surface area contributed by atoms with Gasteiger partial charge < -0.3 is 23.0 Å². The number of rotatable bonds is 48. The van der Waals surface area contributed by atoms with Crippen molar-refractivity contribution in [1.82, 2.24) is 114 Å². The summed E-state index contributed by atoms with van der Waals surface area (Å²) in [7, 11) is 1.69. The van der Waals surface area contributed by atoms with Gasteiger partial charge in [0, 0.05) is 72.4 Å². The Morgan fingerprint density at radius 1 is 0.367 bits per heavy atom. The first-order valence-electron chi connectivity index (χ1n) is 50.1. The fourth-order valence-corrected chi connectivity index (χ4v) is 19.0. The largest absolute Gasteiger partial charge is 0.497 e. The Balaban J connectivity index is 0.000000176. The molecule has 0 aliphatic rings. The number of methoxy groups -OCH3 is 1. The number of pyridine rings is 1. The molecule has 8 aromatic heterocycles. The maximum Gasteiger partial charge on any atom is 0.147 e. The van der Waals surface area contributed by atoms with Crippen molar-refractivity contribution < 1.29 is 4.74 Å². The molecule has 19 aromatic rings. The fraction of sp³-hybridized carbons (Fsp3) is 0.287. The van der Waals surface area contributed by atoms with Gasteiger partial charge in [0.25, 0.3) is 0 Å². The van der Waals surface area contributed by atoms with Gasteiger partial charge in [-0.25, -0.2) is 9.97 Å². The third-order valence-corrected chi connectivity index (χ3v) is 27.7. The third-order valence-electron chi connectivity index (χ3n) is 26.2. The van der Waals surface area contributed by atoms with Crippen molar-refractivity contribution in [3.05, 3.63) is 488 Å². The highest BCUT2D eigenvalue weighted by Gasteiger charge is 2.24. The molecule has 19 rings (SSSR count). The Hall–Kier alpha value is -15.5. The van der Waals surface area contributed by atoms with Crippen molar-refractivity contribution >= 4 is 38.2 Å². The van der Waals surface area contributed by atoms with E-state index in [1.54, 1.807) is 32.4 Å². The van der Waals surface area contributed by atoms with Crippen molar-refractivity contribution in [2.24, 2.45) is 0 Å². The van der Waals surface area contributed by atoms with Gasteiger partial charge in [-0.05, 0) is 204 Å². The molecule has 0 amide bonds. The average molecular weight is 2080 g/mol. The van der Waals surface area contributed by atoms with Gasteiger partial charge in [-0.1, -0.05) is 313 Å². The Kier molecular flexibility index (Phi) is 46.3. The lowest BCUT2D eigenvalue weighted by atomic mass is 9.88. The van der Waals surface area contributed by atoms with E-state index >= 15 is 0 Å². The van der Waals surface area contributed by atoms with E-state index in [1.165, 1.54) is 49.4 Å². The average Bonchev–Trinajstić information content (AvgIpc) is 1.25. The number of nitrogens with zero attached hydrogens (tertiary/aromatic N) is 23. The quantitative estimate of drug-likeness (QED) is 0.0335. The molecule has 0 aliphatic carbocycles. The first-order valence-corrected chi connectivity index (χ1v) is 51.7. The third kappa shape index (κ3) is 35.6. The highest BCUT2D eigenvalue weighted by atomic mass is 79.9. The van der Waals surface area contributed by atoms with Crippen LogP contribution in [0, 0.1) is 22.7 Å². The molecule has 0 aliphatic heterocycles. The van der Waals surface area contributed by atoms with Crippen LogP contribution in [0.4, 0.5) is 0 Å². The second-order valence-corrected chi connectivity index (χ2v) is 38.5. The number of benzene rings is 11. The predicted molar refractivity (Wildman–Crippen MR) is 604 cm³/mol. The molecule has 772 valence electrons. The number of H-pyrrole nitrogens is 2. The van der Waals surface area contributed by atoms with Crippen LogP contribution in [-0.2, 0) is 97.7 Å². The van der Waals surface area contributed by atoms with Crippen molar-refractivity contribution in [3.63, 3.8) is 0 Å². The van der Waals surface area contributed by atoms with E-state index in [0.29, 0.717) is 81.2 Å². The topological polar surface area (TPSA) is 289 Å². The van der Waals surface area contributed by atoms with Crippen LogP contribution in [0.2, 0.25) is 0 Å². The first-order chi connectivity index (χ1) is 72.0. The predicted octanol–water partition coefficient (Wildman–Crippen LogP) is 24.7. The van der Waals surface area contributed by atoms with E-state index in [9.17, 15) is 0 Å². The van der Waals surface area contributed by atoms with Crippen molar-refractivity contribution in [3.8, 4) is 17.9 Å². The summed E-state index contributed by atoms with van der Waals surface area (Å²) < 4.78 is 14.9. The Morgan fingerprint density at radius 3 is 1.23 bits per heavy atom. The van der Waals surface area contributed by atoms with Gasteiger partial charge in [0.05, 0.1) is 93.9 Å². The summed E-state index contributed by atoms with van der Waals surface area (Å²) >= 11 is 5.34. The van der Waals surface area contributed by atoms with E-state index in [1.807, 2.05) is 96.8 Å². The molecule has 1 atom stereocenters. The Labute approximate surface area is 897 Å². The first kappa shape index (κ1) is 113. The number of aryl methyl sites for hydroxylation is 4. The molecular formula is C122H140BrN25OS. The van der Waals surface area contributed by atoms with Crippen LogP contribution < -0.4 is 4.74 Å². The molecular weight excluding hydrogens is 1940 g/mol. The minimum Gasteiger partial charge on any atom is -0.497 e. The molecule has 2 N–H and O–H groups in total. The summed E-state index contributed by atoms with van der Waals surface area (Å²) in [5.41, 5.74) is 16.3.